The largest absolute Gasteiger partial charge is 0.340 e. The summed E-state index contributed by atoms with van der Waals surface area (Å²) in [6, 6.07) is -0.173. The first-order valence-corrected chi connectivity index (χ1v) is 7.03. The summed E-state index contributed by atoms with van der Waals surface area (Å²) in [6.45, 7) is 8.63. The third kappa shape index (κ3) is 2.52. The number of rotatable bonds is 3. The molecule has 2 fully saturated rings. The zero-order valence-electron chi connectivity index (χ0n) is 11.7. The Balaban J connectivity index is 2.13. The van der Waals surface area contributed by atoms with E-state index >= 15 is 0 Å². The van der Waals surface area contributed by atoms with Crippen LogP contribution in [-0.2, 0) is 9.59 Å². The van der Waals surface area contributed by atoms with Gasteiger partial charge in [-0.25, -0.2) is 0 Å². The third-order valence-electron chi connectivity index (χ3n) is 4.34. The van der Waals surface area contributed by atoms with Crippen LogP contribution in [0.2, 0.25) is 0 Å². The van der Waals surface area contributed by atoms with Crippen molar-refractivity contribution in [2.75, 3.05) is 19.6 Å². The fraction of sp³-hybridized carbons (Fsp3) is 0.857. The summed E-state index contributed by atoms with van der Waals surface area (Å²) in [5.74, 6) is 0.322. The zero-order chi connectivity index (χ0) is 13.3. The highest BCUT2D eigenvalue weighted by molar-refractivity contribution is 5.90. The van der Waals surface area contributed by atoms with Gasteiger partial charge in [-0.2, -0.15) is 0 Å². The second-order valence-corrected chi connectivity index (χ2v) is 6.27. The number of hydrogen-bond donors (Lipinski definition) is 0. The molecule has 4 heteroatoms. The van der Waals surface area contributed by atoms with Crippen molar-refractivity contribution >= 4 is 11.8 Å². The minimum absolute atomic E-state index is 0.131. The van der Waals surface area contributed by atoms with Crippen LogP contribution in [0.5, 0.6) is 0 Å². The van der Waals surface area contributed by atoms with Crippen LogP contribution in [0.4, 0.5) is 0 Å². The first-order chi connectivity index (χ1) is 8.44. The van der Waals surface area contributed by atoms with Crippen LogP contribution in [0.15, 0.2) is 0 Å². The van der Waals surface area contributed by atoms with Gasteiger partial charge in [-0.05, 0) is 24.7 Å². The molecule has 1 atom stereocenters. The van der Waals surface area contributed by atoms with Crippen molar-refractivity contribution in [1.82, 2.24) is 9.80 Å². The van der Waals surface area contributed by atoms with E-state index in [-0.39, 0.29) is 23.3 Å². The second kappa shape index (κ2) is 4.90. The van der Waals surface area contributed by atoms with E-state index in [1.54, 1.807) is 4.90 Å². The van der Waals surface area contributed by atoms with E-state index in [0.717, 1.165) is 32.4 Å². The standard InChI is InChI=1S/C14H24N2O2/c1-4-14(2,3)10-15-9-7-12(17)16-8-5-6-11(16)13(15)18/h11H,4-10H2,1-3H3. The van der Waals surface area contributed by atoms with Crippen LogP contribution in [0.3, 0.4) is 0 Å². The van der Waals surface area contributed by atoms with E-state index in [1.165, 1.54) is 0 Å². The monoisotopic (exact) mass is 252 g/mol. The Hall–Kier alpha value is -1.06. The van der Waals surface area contributed by atoms with Crippen molar-refractivity contribution in [1.29, 1.82) is 0 Å². The molecule has 0 aliphatic carbocycles. The summed E-state index contributed by atoms with van der Waals surface area (Å²) in [7, 11) is 0. The second-order valence-electron chi connectivity index (χ2n) is 6.27. The Bertz CT molecular complexity index is 352. The van der Waals surface area contributed by atoms with Gasteiger partial charge in [-0.15, -0.1) is 0 Å². The Kier molecular flexibility index (Phi) is 3.64. The molecule has 18 heavy (non-hydrogen) atoms. The quantitative estimate of drug-likeness (QED) is 0.766. The summed E-state index contributed by atoms with van der Waals surface area (Å²) < 4.78 is 0. The average Bonchev–Trinajstić information content (AvgIpc) is 2.78. The highest BCUT2D eigenvalue weighted by Gasteiger charge is 2.40. The Morgan fingerprint density at radius 1 is 1.28 bits per heavy atom. The predicted octanol–water partition coefficient (Wildman–Crippen LogP) is 1.65. The SMILES string of the molecule is CCC(C)(C)CN1CCC(=O)N2CCCC2C1=O. The molecule has 4 nitrogen and oxygen atoms in total. The smallest absolute Gasteiger partial charge is 0.245 e. The molecule has 1 unspecified atom stereocenters. The van der Waals surface area contributed by atoms with Gasteiger partial charge >= 0.3 is 0 Å². The number of carbonyl (C=O) groups excluding carboxylic acids is 2. The van der Waals surface area contributed by atoms with Gasteiger partial charge in [-0.1, -0.05) is 20.8 Å². The molecule has 0 aromatic heterocycles. The highest BCUT2D eigenvalue weighted by Crippen LogP contribution is 2.27. The topological polar surface area (TPSA) is 40.6 Å². The maximum Gasteiger partial charge on any atom is 0.245 e. The molecule has 0 saturated carbocycles. The fourth-order valence-corrected chi connectivity index (χ4v) is 2.80. The minimum Gasteiger partial charge on any atom is -0.340 e. The van der Waals surface area contributed by atoms with Gasteiger partial charge in [0, 0.05) is 26.1 Å². The fourth-order valence-electron chi connectivity index (χ4n) is 2.80. The lowest BCUT2D eigenvalue weighted by Gasteiger charge is -2.32. The van der Waals surface area contributed by atoms with E-state index in [1.807, 2.05) is 4.90 Å². The number of amides is 2. The lowest BCUT2D eigenvalue weighted by Crippen LogP contribution is -2.46. The molecule has 2 rings (SSSR count). The number of fused-ring (bicyclic) bond motifs is 1. The lowest BCUT2D eigenvalue weighted by atomic mass is 9.89. The van der Waals surface area contributed by atoms with Gasteiger partial charge in [0.25, 0.3) is 0 Å². The van der Waals surface area contributed by atoms with E-state index in [4.69, 9.17) is 0 Å². The average molecular weight is 252 g/mol. The number of hydrogen-bond acceptors (Lipinski definition) is 2. The predicted molar refractivity (Wildman–Crippen MR) is 70.0 cm³/mol. The normalized spacial score (nSPS) is 25.4. The maximum absolute atomic E-state index is 12.5. The van der Waals surface area contributed by atoms with Gasteiger partial charge in [-0.3, -0.25) is 9.59 Å². The molecule has 2 amide bonds. The zero-order valence-corrected chi connectivity index (χ0v) is 11.7. The molecule has 0 bridgehead atoms. The Morgan fingerprint density at radius 2 is 2.00 bits per heavy atom. The lowest BCUT2D eigenvalue weighted by molar-refractivity contribution is -0.140. The summed E-state index contributed by atoms with van der Waals surface area (Å²) in [5, 5.41) is 0. The van der Waals surface area contributed by atoms with E-state index in [0.29, 0.717) is 13.0 Å². The highest BCUT2D eigenvalue weighted by atomic mass is 16.2. The van der Waals surface area contributed by atoms with Crippen molar-refractivity contribution in [2.45, 2.75) is 52.5 Å². The molecule has 2 aliphatic rings. The summed E-state index contributed by atoms with van der Waals surface area (Å²) in [5.41, 5.74) is 0.131. The van der Waals surface area contributed by atoms with Gasteiger partial charge in [0.1, 0.15) is 6.04 Å². The molecule has 0 aromatic rings. The molecule has 102 valence electrons. The molecule has 2 saturated heterocycles. The Morgan fingerprint density at radius 3 is 2.67 bits per heavy atom. The molecule has 0 aromatic carbocycles. The minimum atomic E-state index is -0.173. The van der Waals surface area contributed by atoms with Crippen molar-refractivity contribution < 1.29 is 9.59 Å². The molecule has 0 radical (unpaired) electrons. The van der Waals surface area contributed by atoms with Crippen molar-refractivity contribution in [3.8, 4) is 0 Å². The van der Waals surface area contributed by atoms with Gasteiger partial charge < -0.3 is 9.80 Å². The summed E-state index contributed by atoms with van der Waals surface area (Å²) in [6.07, 6.45) is 3.34. The van der Waals surface area contributed by atoms with Crippen LogP contribution in [0, 0.1) is 5.41 Å². The van der Waals surface area contributed by atoms with E-state index < -0.39 is 0 Å². The van der Waals surface area contributed by atoms with Crippen LogP contribution in [0.1, 0.15) is 46.5 Å². The van der Waals surface area contributed by atoms with Crippen molar-refractivity contribution in [2.24, 2.45) is 5.41 Å². The van der Waals surface area contributed by atoms with E-state index in [2.05, 4.69) is 20.8 Å². The van der Waals surface area contributed by atoms with Gasteiger partial charge in [0.05, 0.1) is 0 Å². The van der Waals surface area contributed by atoms with Crippen LogP contribution >= 0.6 is 0 Å². The molecule has 2 aliphatic heterocycles. The molecule has 2 heterocycles. The maximum atomic E-state index is 12.5. The Labute approximate surface area is 109 Å². The summed E-state index contributed by atoms with van der Waals surface area (Å²) >= 11 is 0. The van der Waals surface area contributed by atoms with Crippen molar-refractivity contribution in [3.63, 3.8) is 0 Å². The van der Waals surface area contributed by atoms with Crippen LogP contribution < -0.4 is 0 Å². The van der Waals surface area contributed by atoms with Gasteiger partial charge in [0.15, 0.2) is 0 Å². The molecule has 0 spiro atoms. The van der Waals surface area contributed by atoms with Crippen LogP contribution in [0.25, 0.3) is 0 Å². The number of carbonyl (C=O) groups is 2. The molecular weight excluding hydrogens is 228 g/mol. The first-order valence-electron chi connectivity index (χ1n) is 7.03. The van der Waals surface area contributed by atoms with Crippen molar-refractivity contribution in [3.05, 3.63) is 0 Å². The van der Waals surface area contributed by atoms with E-state index in [9.17, 15) is 9.59 Å². The van der Waals surface area contributed by atoms with Gasteiger partial charge in [0.2, 0.25) is 11.8 Å². The molecular formula is C14H24N2O2. The number of nitrogens with zero attached hydrogens (tertiary/aromatic N) is 2. The first kappa shape index (κ1) is 13.4. The molecule has 0 N–H and O–H groups in total. The summed E-state index contributed by atoms with van der Waals surface area (Å²) in [4.78, 5) is 28.2. The van der Waals surface area contributed by atoms with Crippen LogP contribution in [-0.4, -0.2) is 47.3 Å². The third-order valence-corrected chi connectivity index (χ3v) is 4.34.